The Bertz CT molecular complexity index is 3220. The smallest absolute Gasteiger partial charge is 0.0619 e. The Morgan fingerprint density at radius 1 is 0.375 bits per heavy atom. The van der Waals surface area contributed by atoms with Crippen LogP contribution in [0.4, 0.5) is 34.1 Å². The summed E-state index contributed by atoms with van der Waals surface area (Å²) in [6.45, 7) is 4.76. The Kier molecular flexibility index (Phi) is 6.40. The molecule has 0 N–H and O–H groups in total. The third-order valence-corrected chi connectivity index (χ3v) is 12.4. The highest BCUT2D eigenvalue weighted by molar-refractivity contribution is 6.19. The quantitative estimate of drug-likeness (QED) is 0.180. The van der Waals surface area contributed by atoms with Crippen molar-refractivity contribution >= 4 is 77.5 Å². The lowest BCUT2D eigenvalue weighted by atomic mass is 9.72. The molecular weight excluding hydrogens is 679 g/mol. The standard InChI is InChI=1S/C53H37N3/c1-53(2)44-22-9-11-24-47(44)54(36-17-4-3-5-18-36)50-33-49-43(32-45(50)53)41-21-12-15-35-16-13-25-48(51(35)41)55(49)37-27-29-38(30-28-37)56-46-23-10-8-20-40(46)42-31-26-34-14-6-7-19-39(34)52(42)56/h3-33H,1-2H3. The predicted octanol–water partition coefficient (Wildman–Crippen LogP) is 14.6. The molecule has 10 aromatic rings. The number of anilines is 6. The van der Waals surface area contributed by atoms with Gasteiger partial charge in [0.05, 0.1) is 33.8 Å². The van der Waals surface area contributed by atoms with Crippen molar-refractivity contribution in [1.29, 1.82) is 0 Å². The van der Waals surface area contributed by atoms with Gasteiger partial charge < -0.3 is 14.4 Å². The van der Waals surface area contributed by atoms with Crippen molar-refractivity contribution in [3.8, 4) is 16.8 Å². The SMILES string of the molecule is CC1(C)c2ccccc2N(c2ccccc2)c2cc3c(cc21)-c1cccc2cccc(c12)N3c1ccc(-n2c3ccccc3c3ccc4ccccc4c32)cc1. The molecule has 0 saturated carbocycles. The van der Waals surface area contributed by atoms with E-state index in [-0.39, 0.29) is 5.41 Å². The maximum atomic E-state index is 2.49. The first-order valence-corrected chi connectivity index (χ1v) is 19.5. The molecule has 0 saturated heterocycles. The fourth-order valence-corrected chi connectivity index (χ4v) is 9.88. The molecular formula is C53H37N3. The van der Waals surface area contributed by atoms with Crippen LogP contribution in [0.25, 0.3) is 60.2 Å². The van der Waals surface area contributed by atoms with Crippen LogP contribution in [0.5, 0.6) is 0 Å². The van der Waals surface area contributed by atoms with Crippen LogP contribution in [0.15, 0.2) is 188 Å². The van der Waals surface area contributed by atoms with Crippen LogP contribution in [-0.4, -0.2) is 4.57 Å². The van der Waals surface area contributed by atoms with Crippen LogP contribution in [0.2, 0.25) is 0 Å². The van der Waals surface area contributed by atoms with E-state index in [4.69, 9.17) is 0 Å². The molecule has 264 valence electrons. The Hall–Kier alpha value is -7.10. The third kappa shape index (κ3) is 4.23. The first-order chi connectivity index (χ1) is 27.6. The molecule has 0 spiro atoms. The van der Waals surface area contributed by atoms with E-state index in [1.54, 1.807) is 0 Å². The molecule has 3 heterocycles. The molecule has 1 aromatic heterocycles. The molecule has 0 amide bonds. The Balaban J connectivity index is 1.11. The van der Waals surface area contributed by atoms with Gasteiger partial charge in [-0.15, -0.1) is 0 Å². The van der Waals surface area contributed by atoms with E-state index >= 15 is 0 Å². The number of fused-ring (bicyclic) bond motifs is 9. The van der Waals surface area contributed by atoms with Crippen molar-refractivity contribution < 1.29 is 0 Å². The summed E-state index contributed by atoms with van der Waals surface area (Å²) in [4.78, 5) is 4.96. The van der Waals surface area contributed by atoms with Crippen LogP contribution in [-0.2, 0) is 5.41 Å². The van der Waals surface area contributed by atoms with Crippen molar-refractivity contribution in [2.24, 2.45) is 0 Å². The third-order valence-electron chi connectivity index (χ3n) is 12.4. The van der Waals surface area contributed by atoms with Gasteiger partial charge in [-0.05, 0) is 94.2 Å². The van der Waals surface area contributed by atoms with E-state index < -0.39 is 0 Å². The number of rotatable bonds is 3. The molecule has 0 aliphatic carbocycles. The Labute approximate surface area is 325 Å². The first kappa shape index (κ1) is 31.3. The number of nitrogens with zero attached hydrogens (tertiary/aromatic N) is 3. The monoisotopic (exact) mass is 715 g/mol. The van der Waals surface area contributed by atoms with Gasteiger partial charge in [-0.3, -0.25) is 0 Å². The summed E-state index contributed by atoms with van der Waals surface area (Å²) in [5, 5.41) is 7.58. The average Bonchev–Trinajstić information content (AvgIpc) is 3.59. The molecule has 12 rings (SSSR count). The second-order valence-electron chi connectivity index (χ2n) is 15.8. The number of hydrogen-bond acceptors (Lipinski definition) is 2. The molecule has 0 atom stereocenters. The Morgan fingerprint density at radius 3 is 1.88 bits per heavy atom. The number of benzene rings is 9. The number of aromatic nitrogens is 1. The van der Waals surface area contributed by atoms with Gasteiger partial charge >= 0.3 is 0 Å². The second kappa shape index (κ2) is 11.5. The fourth-order valence-electron chi connectivity index (χ4n) is 9.88. The maximum absolute atomic E-state index is 2.49. The molecule has 3 nitrogen and oxygen atoms in total. The zero-order valence-electron chi connectivity index (χ0n) is 31.2. The lowest BCUT2D eigenvalue weighted by molar-refractivity contribution is 0.632. The molecule has 0 fully saturated rings. The fraction of sp³-hybridized carbons (Fsp3) is 0.0566. The summed E-state index contributed by atoms with van der Waals surface area (Å²) >= 11 is 0. The van der Waals surface area contributed by atoms with Crippen LogP contribution < -0.4 is 9.80 Å². The maximum Gasteiger partial charge on any atom is 0.0619 e. The van der Waals surface area contributed by atoms with Gasteiger partial charge in [-0.25, -0.2) is 0 Å². The molecule has 0 bridgehead atoms. The predicted molar refractivity (Wildman–Crippen MR) is 236 cm³/mol. The van der Waals surface area contributed by atoms with Crippen LogP contribution in [0.3, 0.4) is 0 Å². The zero-order valence-corrected chi connectivity index (χ0v) is 31.2. The highest BCUT2D eigenvalue weighted by atomic mass is 15.2. The summed E-state index contributed by atoms with van der Waals surface area (Å²) in [5.74, 6) is 0. The van der Waals surface area contributed by atoms with Crippen molar-refractivity contribution in [2.75, 3.05) is 9.80 Å². The minimum absolute atomic E-state index is 0.212. The molecule has 0 unspecified atom stereocenters. The van der Waals surface area contributed by atoms with Gasteiger partial charge in [0.2, 0.25) is 0 Å². The number of hydrogen-bond donors (Lipinski definition) is 0. The summed E-state index contributed by atoms with van der Waals surface area (Å²) < 4.78 is 2.45. The van der Waals surface area contributed by atoms with Gasteiger partial charge in [0, 0.05) is 49.6 Å². The molecule has 9 aromatic carbocycles. The highest BCUT2D eigenvalue weighted by Crippen LogP contribution is 2.58. The lowest BCUT2D eigenvalue weighted by Gasteiger charge is -2.44. The van der Waals surface area contributed by atoms with E-state index in [9.17, 15) is 0 Å². The van der Waals surface area contributed by atoms with Crippen LogP contribution in [0.1, 0.15) is 25.0 Å². The molecule has 2 aliphatic heterocycles. The second-order valence-corrected chi connectivity index (χ2v) is 15.8. The van der Waals surface area contributed by atoms with Gasteiger partial charge in [0.25, 0.3) is 0 Å². The lowest BCUT2D eigenvalue weighted by Crippen LogP contribution is -2.31. The minimum atomic E-state index is -0.212. The highest BCUT2D eigenvalue weighted by Gasteiger charge is 2.39. The first-order valence-electron chi connectivity index (χ1n) is 19.5. The van der Waals surface area contributed by atoms with E-state index in [0.717, 1.165) is 17.1 Å². The van der Waals surface area contributed by atoms with E-state index in [1.165, 1.54) is 88.4 Å². The van der Waals surface area contributed by atoms with Crippen molar-refractivity contribution in [3.05, 3.63) is 199 Å². The largest absolute Gasteiger partial charge is 0.310 e. The zero-order chi connectivity index (χ0) is 37.1. The van der Waals surface area contributed by atoms with Gasteiger partial charge in [-0.1, -0.05) is 135 Å². The van der Waals surface area contributed by atoms with Crippen LogP contribution >= 0.6 is 0 Å². The number of para-hydroxylation sites is 3. The summed E-state index contributed by atoms with van der Waals surface area (Å²) in [5.41, 5.74) is 15.7. The molecule has 56 heavy (non-hydrogen) atoms. The topological polar surface area (TPSA) is 11.4 Å². The van der Waals surface area contributed by atoms with E-state index in [0.29, 0.717) is 0 Å². The summed E-state index contributed by atoms with van der Waals surface area (Å²) in [7, 11) is 0. The van der Waals surface area contributed by atoms with Gasteiger partial charge in [0.1, 0.15) is 0 Å². The summed E-state index contributed by atoms with van der Waals surface area (Å²) in [6, 6.07) is 69.5. The summed E-state index contributed by atoms with van der Waals surface area (Å²) in [6.07, 6.45) is 0. The average molecular weight is 716 g/mol. The van der Waals surface area contributed by atoms with Crippen molar-refractivity contribution in [2.45, 2.75) is 19.3 Å². The Morgan fingerprint density at radius 2 is 1.02 bits per heavy atom. The van der Waals surface area contributed by atoms with Gasteiger partial charge in [-0.2, -0.15) is 0 Å². The molecule has 3 heteroatoms. The molecule has 0 radical (unpaired) electrons. The minimum Gasteiger partial charge on any atom is -0.310 e. The van der Waals surface area contributed by atoms with E-state index in [2.05, 4.69) is 216 Å². The van der Waals surface area contributed by atoms with Crippen molar-refractivity contribution in [1.82, 2.24) is 4.57 Å². The van der Waals surface area contributed by atoms with E-state index in [1.807, 2.05) is 0 Å². The van der Waals surface area contributed by atoms with Gasteiger partial charge in [0.15, 0.2) is 0 Å². The molecule has 2 aliphatic rings. The van der Waals surface area contributed by atoms with Crippen LogP contribution in [0, 0.1) is 0 Å². The normalized spacial score (nSPS) is 14.0. The van der Waals surface area contributed by atoms with Crippen molar-refractivity contribution in [3.63, 3.8) is 0 Å².